The quantitative estimate of drug-likeness (QED) is 0.404. The Morgan fingerprint density at radius 1 is 1.26 bits per heavy atom. The van der Waals surface area contributed by atoms with Gasteiger partial charge in [0, 0.05) is 0 Å². The molecule has 0 aromatic carbocycles. The molecule has 23 heavy (non-hydrogen) atoms. The number of rotatable bonds is 8. The molecule has 7 heteroatoms. The molecule has 0 aliphatic carbocycles. The first-order valence-corrected chi connectivity index (χ1v) is 7.27. The van der Waals surface area contributed by atoms with Gasteiger partial charge in [0.25, 0.3) is 0 Å². The van der Waals surface area contributed by atoms with Gasteiger partial charge in [-0.25, -0.2) is 9.59 Å². The third-order valence-electron chi connectivity index (χ3n) is 2.97. The smallest absolute Gasteiger partial charge is 0.328 e. The molecule has 130 valence electrons. The van der Waals surface area contributed by atoms with Crippen LogP contribution in [0.5, 0.6) is 0 Å². The Morgan fingerprint density at radius 2 is 1.87 bits per heavy atom. The highest BCUT2D eigenvalue weighted by atomic mass is 16.6. The van der Waals surface area contributed by atoms with Gasteiger partial charge in [-0.05, 0) is 25.3 Å². The van der Waals surface area contributed by atoms with E-state index in [1.807, 2.05) is 20.8 Å². The van der Waals surface area contributed by atoms with Crippen molar-refractivity contribution in [3.05, 3.63) is 24.7 Å². The molecule has 0 aromatic rings. The third kappa shape index (κ3) is 8.04. The minimum atomic E-state index is -0.871. The van der Waals surface area contributed by atoms with E-state index >= 15 is 0 Å². The second-order valence-electron chi connectivity index (χ2n) is 5.97. The third-order valence-corrected chi connectivity index (χ3v) is 2.97. The fraction of sp³-hybridized carbons (Fsp3) is 0.562. The highest BCUT2D eigenvalue weighted by Gasteiger charge is 2.27. The molecule has 7 nitrogen and oxygen atoms in total. The Hall–Kier alpha value is -2.31. The first kappa shape index (κ1) is 20.7. The molecule has 0 fully saturated rings. The SMILES string of the molecule is C=CO/C(=C\C)COC(=O)C(C)NC(=O)NC(C=O)C(C)(C)C. The highest BCUT2D eigenvalue weighted by Crippen LogP contribution is 2.17. The molecule has 0 aliphatic heterocycles. The maximum Gasteiger partial charge on any atom is 0.328 e. The van der Waals surface area contributed by atoms with Crippen molar-refractivity contribution >= 4 is 18.3 Å². The summed E-state index contributed by atoms with van der Waals surface area (Å²) in [6.45, 7) is 12.0. The average molecular weight is 326 g/mol. The van der Waals surface area contributed by atoms with Crippen LogP contribution in [-0.4, -0.2) is 37.0 Å². The van der Waals surface area contributed by atoms with Gasteiger partial charge in [-0.1, -0.05) is 27.4 Å². The summed E-state index contributed by atoms with van der Waals surface area (Å²) in [5.41, 5.74) is -0.425. The van der Waals surface area contributed by atoms with Crippen molar-refractivity contribution in [2.24, 2.45) is 5.41 Å². The van der Waals surface area contributed by atoms with E-state index in [1.165, 1.54) is 13.2 Å². The minimum Gasteiger partial charge on any atom is -0.467 e. The molecular weight excluding hydrogens is 300 g/mol. The number of nitrogens with one attached hydrogen (secondary N) is 2. The number of aldehydes is 1. The zero-order valence-corrected chi connectivity index (χ0v) is 14.3. The normalized spacial score (nSPS) is 14.2. The molecule has 2 unspecified atom stereocenters. The lowest BCUT2D eigenvalue weighted by Crippen LogP contribution is -2.52. The first-order chi connectivity index (χ1) is 10.6. The summed E-state index contributed by atoms with van der Waals surface area (Å²) in [6.07, 6.45) is 3.52. The van der Waals surface area contributed by atoms with Gasteiger partial charge in [-0.2, -0.15) is 0 Å². The lowest BCUT2D eigenvalue weighted by atomic mass is 9.88. The molecule has 0 heterocycles. The van der Waals surface area contributed by atoms with Crippen molar-refractivity contribution < 1.29 is 23.9 Å². The minimum absolute atomic E-state index is 0.0616. The highest BCUT2D eigenvalue weighted by molar-refractivity contribution is 5.84. The zero-order chi connectivity index (χ0) is 18.0. The van der Waals surface area contributed by atoms with E-state index in [0.717, 1.165) is 0 Å². The van der Waals surface area contributed by atoms with E-state index in [-0.39, 0.29) is 6.61 Å². The van der Waals surface area contributed by atoms with Crippen LogP contribution in [0.3, 0.4) is 0 Å². The first-order valence-electron chi connectivity index (χ1n) is 7.27. The van der Waals surface area contributed by atoms with Gasteiger partial charge < -0.3 is 24.9 Å². The number of amides is 2. The van der Waals surface area contributed by atoms with Crippen molar-refractivity contribution in [2.75, 3.05) is 6.61 Å². The van der Waals surface area contributed by atoms with E-state index in [1.54, 1.807) is 13.0 Å². The van der Waals surface area contributed by atoms with Gasteiger partial charge in [-0.3, -0.25) is 0 Å². The number of hydrogen-bond donors (Lipinski definition) is 2. The summed E-state index contributed by atoms with van der Waals surface area (Å²) in [7, 11) is 0. The number of allylic oxidation sites excluding steroid dienone is 1. The predicted octanol–water partition coefficient (Wildman–Crippen LogP) is 1.89. The molecule has 0 radical (unpaired) electrons. The van der Waals surface area contributed by atoms with E-state index in [4.69, 9.17) is 9.47 Å². The van der Waals surface area contributed by atoms with Crippen molar-refractivity contribution in [1.29, 1.82) is 0 Å². The zero-order valence-electron chi connectivity index (χ0n) is 14.3. The number of esters is 1. The van der Waals surface area contributed by atoms with E-state index in [0.29, 0.717) is 12.0 Å². The van der Waals surface area contributed by atoms with Crippen molar-refractivity contribution in [2.45, 2.75) is 46.7 Å². The van der Waals surface area contributed by atoms with Crippen LogP contribution in [0.2, 0.25) is 0 Å². The monoisotopic (exact) mass is 326 g/mol. The molecule has 0 bridgehead atoms. The Labute approximate surface area is 137 Å². The molecule has 0 rings (SSSR count). The Morgan fingerprint density at radius 3 is 2.30 bits per heavy atom. The summed E-state index contributed by atoms with van der Waals surface area (Å²) >= 11 is 0. The van der Waals surface area contributed by atoms with E-state index in [9.17, 15) is 14.4 Å². The van der Waals surface area contributed by atoms with Gasteiger partial charge in [-0.15, -0.1) is 0 Å². The molecule has 0 aromatic heterocycles. The fourth-order valence-electron chi connectivity index (χ4n) is 1.45. The molecular formula is C16H26N2O5. The maximum absolute atomic E-state index is 11.8. The molecule has 2 N–H and O–H groups in total. The molecule has 2 atom stereocenters. The van der Waals surface area contributed by atoms with Crippen LogP contribution >= 0.6 is 0 Å². The standard InChI is InChI=1S/C16H26N2O5/c1-7-12(22-8-2)10-23-14(20)11(3)17-15(21)18-13(9-19)16(4,5)6/h7-9,11,13H,2,10H2,1,3-6H3,(H2,17,18,21)/b12-7-. The molecule has 0 spiro atoms. The number of hydrogen-bond acceptors (Lipinski definition) is 5. The second kappa shape index (κ2) is 9.66. The second-order valence-corrected chi connectivity index (χ2v) is 5.97. The summed E-state index contributed by atoms with van der Waals surface area (Å²) in [5.74, 6) is -0.190. The molecule has 0 saturated carbocycles. The maximum atomic E-state index is 11.8. The number of carbonyl (C=O) groups excluding carboxylic acids is 3. The molecule has 0 aliphatic rings. The summed E-state index contributed by atoms with van der Waals surface area (Å²) in [4.78, 5) is 34.7. The van der Waals surface area contributed by atoms with E-state index < -0.39 is 29.5 Å². The van der Waals surface area contributed by atoms with Gasteiger partial charge >= 0.3 is 12.0 Å². The van der Waals surface area contributed by atoms with Crippen LogP contribution in [0.4, 0.5) is 4.79 Å². The van der Waals surface area contributed by atoms with Gasteiger partial charge in [0.15, 0.2) is 0 Å². The van der Waals surface area contributed by atoms with Crippen molar-refractivity contribution in [3.63, 3.8) is 0 Å². The van der Waals surface area contributed by atoms with Gasteiger partial charge in [0.05, 0.1) is 12.3 Å². The Bertz CT molecular complexity index is 466. The largest absolute Gasteiger partial charge is 0.467 e. The predicted molar refractivity (Wildman–Crippen MR) is 86.4 cm³/mol. The van der Waals surface area contributed by atoms with Crippen LogP contribution in [0.15, 0.2) is 24.7 Å². The van der Waals surface area contributed by atoms with E-state index in [2.05, 4.69) is 17.2 Å². The van der Waals surface area contributed by atoms with Gasteiger partial charge in [0.1, 0.15) is 24.7 Å². The van der Waals surface area contributed by atoms with Crippen LogP contribution in [-0.2, 0) is 19.1 Å². The summed E-state index contributed by atoms with van der Waals surface area (Å²) in [6, 6.07) is -2.15. The fourth-order valence-corrected chi connectivity index (χ4v) is 1.45. The van der Waals surface area contributed by atoms with Crippen LogP contribution < -0.4 is 10.6 Å². The van der Waals surface area contributed by atoms with Crippen molar-refractivity contribution in [1.82, 2.24) is 10.6 Å². The van der Waals surface area contributed by atoms with Crippen LogP contribution in [0.1, 0.15) is 34.6 Å². The lowest BCUT2D eigenvalue weighted by Gasteiger charge is -2.27. The lowest BCUT2D eigenvalue weighted by molar-refractivity contribution is -0.145. The number of carbonyl (C=O) groups is 3. The van der Waals surface area contributed by atoms with Crippen LogP contribution in [0, 0.1) is 5.41 Å². The molecule has 0 saturated heterocycles. The van der Waals surface area contributed by atoms with Crippen molar-refractivity contribution in [3.8, 4) is 0 Å². The van der Waals surface area contributed by atoms with Crippen LogP contribution in [0.25, 0.3) is 0 Å². The molecule has 2 amide bonds. The Kier molecular flexibility index (Phi) is 8.69. The number of urea groups is 1. The summed E-state index contributed by atoms with van der Waals surface area (Å²) in [5, 5.41) is 4.94. The average Bonchev–Trinajstić information content (AvgIpc) is 2.47. The topological polar surface area (TPSA) is 93.7 Å². The van der Waals surface area contributed by atoms with Gasteiger partial charge in [0.2, 0.25) is 0 Å². The summed E-state index contributed by atoms with van der Waals surface area (Å²) < 4.78 is 10.0. The Balaban J connectivity index is 4.43. The number of ether oxygens (including phenoxy) is 2.